The Kier molecular flexibility index (Phi) is 8.85. The molecule has 248 valence electrons. The van der Waals surface area contributed by atoms with Crippen molar-refractivity contribution in [2.75, 3.05) is 38.9 Å². The van der Waals surface area contributed by atoms with Crippen molar-refractivity contribution in [2.24, 2.45) is 16.2 Å². The highest BCUT2D eigenvalue weighted by molar-refractivity contribution is 7.51. The number of aromatic nitrogens is 3. The van der Waals surface area contributed by atoms with E-state index in [-0.39, 0.29) is 33.7 Å². The van der Waals surface area contributed by atoms with Gasteiger partial charge >= 0.3 is 13.6 Å². The van der Waals surface area contributed by atoms with Crippen LogP contribution in [0.2, 0.25) is 0 Å². The number of rotatable bonds is 13. The van der Waals surface area contributed by atoms with Gasteiger partial charge in [0.2, 0.25) is 0 Å². The molecule has 5 aliphatic rings. The predicted molar refractivity (Wildman–Crippen MR) is 171 cm³/mol. The van der Waals surface area contributed by atoms with E-state index in [1.165, 1.54) is 12.6 Å². The topological polar surface area (TPSA) is 150 Å². The summed E-state index contributed by atoms with van der Waals surface area (Å²) < 4.78 is 20.7. The second-order valence-electron chi connectivity index (χ2n) is 15.5. The van der Waals surface area contributed by atoms with Gasteiger partial charge < -0.3 is 24.9 Å². The molecule has 3 heterocycles. The molecule has 7 rings (SSSR count). The zero-order valence-corrected chi connectivity index (χ0v) is 27.9. The Bertz CT molecular complexity index is 1430. The smallest absolute Gasteiger partial charge is 0.355 e. The minimum atomic E-state index is -4.01. The number of nitrogens with one attached hydrogen (secondary N) is 1. The van der Waals surface area contributed by atoms with Crippen molar-refractivity contribution < 1.29 is 29.0 Å². The van der Waals surface area contributed by atoms with E-state index in [0.717, 1.165) is 82.4 Å². The number of ether oxygens (including phenoxy) is 1. The van der Waals surface area contributed by atoms with E-state index >= 15 is 0 Å². The number of carbonyl (C=O) groups is 1. The number of hydrogen-bond acceptors (Lipinski definition) is 7. The number of piperidine rings is 1. The lowest BCUT2D eigenvalue weighted by Gasteiger charge is -2.69. The fourth-order valence-corrected chi connectivity index (χ4v) is 11.2. The fraction of sp³-hybridized carbons (Fsp3) is 0.727. The molecular weight excluding hydrogens is 593 g/mol. The Labute approximate surface area is 266 Å². The average molecular weight is 644 g/mol. The summed E-state index contributed by atoms with van der Waals surface area (Å²) in [4.78, 5) is 37.3. The summed E-state index contributed by atoms with van der Waals surface area (Å²) in [7, 11) is -4.01. The van der Waals surface area contributed by atoms with Crippen LogP contribution < -0.4 is 5.32 Å². The van der Waals surface area contributed by atoms with Gasteiger partial charge in [0.25, 0.3) is 0 Å². The van der Waals surface area contributed by atoms with Crippen LogP contribution in [-0.2, 0) is 15.8 Å². The minimum Gasteiger partial charge on any atom is -0.476 e. The van der Waals surface area contributed by atoms with E-state index in [4.69, 9.17) is 9.84 Å². The first-order valence-electron chi connectivity index (χ1n) is 16.6. The van der Waals surface area contributed by atoms with Gasteiger partial charge in [-0.1, -0.05) is 19.9 Å². The summed E-state index contributed by atoms with van der Waals surface area (Å²) in [5.74, 6) is -1.04. The number of carboxylic acids is 1. The van der Waals surface area contributed by atoms with Gasteiger partial charge in [-0.2, -0.15) is 5.10 Å². The van der Waals surface area contributed by atoms with E-state index in [1.54, 1.807) is 18.3 Å². The number of pyridine rings is 1. The molecule has 4 N–H and O–H groups in total. The Morgan fingerprint density at radius 3 is 2.47 bits per heavy atom. The lowest BCUT2D eigenvalue weighted by atomic mass is 9.39. The lowest BCUT2D eigenvalue weighted by molar-refractivity contribution is -0.249. The van der Waals surface area contributed by atoms with Crippen molar-refractivity contribution in [1.29, 1.82) is 0 Å². The molecule has 0 spiro atoms. The molecule has 45 heavy (non-hydrogen) atoms. The van der Waals surface area contributed by atoms with Crippen LogP contribution >= 0.6 is 7.60 Å². The highest BCUT2D eigenvalue weighted by Crippen LogP contribution is 2.72. The Hall–Kier alpha value is -2.14. The third kappa shape index (κ3) is 7.09. The summed E-state index contributed by atoms with van der Waals surface area (Å²) in [6.07, 6.45) is 12.4. The largest absolute Gasteiger partial charge is 0.476 e. The normalized spacial score (nSPS) is 31.6. The lowest BCUT2D eigenvalue weighted by Crippen LogP contribution is -2.64. The van der Waals surface area contributed by atoms with Gasteiger partial charge in [-0.15, -0.1) is 0 Å². The van der Waals surface area contributed by atoms with E-state index in [0.29, 0.717) is 31.2 Å². The van der Waals surface area contributed by atoms with Gasteiger partial charge in [0, 0.05) is 42.1 Å². The molecule has 4 bridgehead atoms. The van der Waals surface area contributed by atoms with E-state index in [2.05, 4.69) is 33.7 Å². The first-order valence-corrected chi connectivity index (χ1v) is 18.4. The van der Waals surface area contributed by atoms with Gasteiger partial charge in [-0.3, -0.25) is 14.1 Å². The quantitative estimate of drug-likeness (QED) is 0.226. The van der Waals surface area contributed by atoms with Crippen LogP contribution in [-0.4, -0.2) is 91.1 Å². The molecule has 4 saturated carbocycles. The second kappa shape index (κ2) is 12.1. The molecule has 12 heteroatoms. The van der Waals surface area contributed by atoms with Crippen molar-refractivity contribution in [1.82, 2.24) is 25.0 Å². The van der Waals surface area contributed by atoms with Crippen LogP contribution in [0.4, 0.5) is 0 Å². The minimum absolute atomic E-state index is 0.0367. The summed E-state index contributed by atoms with van der Waals surface area (Å²) in [5.41, 5.74) is 2.61. The third-order valence-corrected chi connectivity index (χ3v) is 11.9. The predicted octanol–water partition coefficient (Wildman–Crippen LogP) is 4.71. The van der Waals surface area contributed by atoms with E-state index in [1.807, 2.05) is 6.92 Å². The Morgan fingerprint density at radius 1 is 1.09 bits per heavy atom. The molecule has 2 aromatic heterocycles. The van der Waals surface area contributed by atoms with Crippen molar-refractivity contribution >= 4 is 13.6 Å². The van der Waals surface area contributed by atoms with Crippen LogP contribution in [0.5, 0.6) is 0 Å². The summed E-state index contributed by atoms with van der Waals surface area (Å²) in [6.45, 7) is 11.7. The molecule has 0 radical (unpaired) electrons. The molecule has 0 aromatic carbocycles. The second-order valence-corrected chi connectivity index (χ2v) is 17.3. The summed E-state index contributed by atoms with van der Waals surface area (Å²) in [6, 6.07) is 3.98. The van der Waals surface area contributed by atoms with Crippen LogP contribution in [0, 0.1) is 23.2 Å². The number of aromatic carboxylic acids is 1. The molecule has 11 nitrogen and oxygen atoms in total. The zero-order valence-electron chi connectivity index (χ0n) is 27.0. The molecule has 2 aromatic rings. The number of hydrogen-bond donors (Lipinski definition) is 4. The number of carboxylic acid groups (broad SMARTS) is 1. The van der Waals surface area contributed by atoms with Gasteiger partial charge in [0.05, 0.1) is 24.6 Å². The van der Waals surface area contributed by atoms with Gasteiger partial charge in [-0.05, 0) is 107 Å². The van der Waals surface area contributed by atoms with Crippen molar-refractivity contribution in [3.05, 3.63) is 35.9 Å². The molecule has 5 fully saturated rings. The van der Waals surface area contributed by atoms with Crippen molar-refractivity contribution in [3.8, 4) is 11.1 Å². The highest BCUT2D eigenvalue weighted by atomic mass is 31.2. The van der Waals surface area contributed by atoms with E-state index in [9.17, 15) is 24.3 Å². The summed E-state index contributed by atoms with van der Waals surface area (Å²) >= 11 is 0. The molecule has 4 aliphatic carbocycles. The zero-order chi connectivity index (χ0) is 32.1. The first-order chi connectivity index (χ1) is 21.2. The van der Waals surface area contributed by atoms with Crippen LogP contribution in [0.25, 0.3) is 11.1 Å². The third-order valence-electron chi connectivity index (χ3n) is 11.0. The molecule has 1 aliphatic heterocycles. The average Bonchev–Trinajstić information content (AvgIpc) is 3.28. The van der Waals surface area contributed by atoms with Crippen molar-refractivity contribution in [2.45, 2.75) is 96.7 Å². The fourth-order valence-electron chi connectivity index (χ4n) is 10.6. The van der Waals surface area contributed by atoms with Gasteiger partial charge in [-0.25, -0.2) is 9.78 Å². The monoisotopic (exact) mass is 643 g/mol. The Morgan fingerprint density at radius 2 is 1.80 bits per heavy atom. The molecule has 0 amide bonds. The number of nitrogens with zero attached hydrogens (tertiary/aromatic N) is 4. The van der Waals surface area contributed by atoms with Gasteiger partial charge in [0.15, 0.2) is 5.69 Å². The maximum Gasteiger partial charge on any atom is 0.355 e. The molecule has 2 atom stereocenters. The molecular formula is C33H50N5O6P. The van der Waals surface area contributed by atoms with Gasteiger partial charge in [0.1, 0.15) is 0 Å². The molecule has 2 unspecified atom stereocenters. The highest BCUT2D eigenvalue weighted by Gasteiger charge is 2.66. The van der Waals surface area contributed by atoms with Crippen molar-refractivity contribution in [3.63, 3.8) is 0 Å². The maximum atomic E-state index is 11.9. The van der Waals surface area contributed by atoms with E-state index < -0.39 is 13.6 Å². The first kappa shape index (κ1) is 32.8. The summed E-state index contributed by atoms with van der Waals surface area (Å²) in [5, 5.41) is 18.0. The SMILES string of the molecule is Cc1c(-c2cccnc2C(=O)O)cnn1CC12CC3(C)CC(C)(C1)CC(OCCN(CCCP(=O)(O)O)C1CCNCC1)(C3)C2. The standard InChI is InChI=1S/C33H50N5O6P/c1-24-27(26-6-4-9-35-28(26)29(39)40)16-36-38(24)23-32-18-30(2)17-31(3,19-32)21-33(20-30,22-32)44-14-13-37(12-5-15-45(41,42)43)25-7-10-34-11-8-25/h4,6,9,16,25,34H,5,7-8,10-15,17-23H2,1-3H3,(H,39,40)(H2,41,42,43). The molecule has 1 saturated heterocycles. The van der Waals surface area contributed by atoms with Crippen LogP contribution in [0.3, 0.4) is 0 Å². The van der Waals surface area contributed by atoms with Crippen LogP contribution in [0.1, 0.15) is 87.8 Å². The maximum absolute atomic E-state index is 11.9. The van der Waals surface area contributed by atoms with Crippen LogP contribution in [0.15, 0.2) is 24.5 Å². The Balaban J connectivity index is 1.19.